The molecule has 0 aliphatic carbocycles. The van der Waals surface area contributed by atoms with Crippen LogP contribution in [0.1, 0.15) is 38.7 Å². The minimum absolute atomic E-state index is 0.347. The van der Waals surface area contributed by atoms with Gasteiger partial charge >= 0.3 is 0 Å². The molecule has 0 N–H and O–H groups in total. The van der Waals surface area contributed by atoms with Crippen LogP contribution in [0, 0.1) is 0 Å². The van der Waals surface area contributed by atoms with Crippen molar-refractivity contribution in [2.45, 2.75) is 44.3 Å². The lowest BCUT2D eigenvalue weighted by molar-refractivity contribution is -0.332. The molecule has 0 bridgehead atoms. The SMILES string of the molecule is C=C[C@@]1(CC)C[C@@](/C=C/c2ccccc2)(CC)OO1. The van der Waals surface area contributed by atoms with Gasteiger partial charge in [-0.1, -0.05) is 56.3 Å². The molecule has 0 aromatic heterocycles. The van der Waals surface area contributed by atoms with E-state index >= 15 is 0 Å². The van der Waals surface area contributed by atoms with E-state index in [1.54, 1.807) is 0 Å². The van der Waals surface area contributed by atoms with Crippen molar-refractivity contribution in [3.63, 3.8) is 0 Å². The molecule has 2 atom stereocenters. The number of hydrogen-bond acceptors (Lipinski definition) is 2. The van der Waals surface area contributed by atoms with E-state index in [9.17, 15) is 0 Å². The molecule has 102 valence electrons. The van der Waals surface area contributed by atoms with Crippen molar-refractivity contribution in [1.82, 2.24) is 0 Å². The molecule has 0 unspecified atom stereocenters. The Morgan fingerprint density at radius 2 is 1.74 bits per heavy atom. The summed E-state index contributed by atoms with van der Waals surface area (Å²) in [6.45, 7) is 8.09. The van der Waals surface area contributed by atoms with E-state index in [2.05, 4.69) is 44.7 Å². The molecule has 1 saturated heterocycles. The Bertz CT molecular complexity index is 452. The number of benzene rings is 1. The zero-order valence-corrected chi connectivity index (χ0v) is 11.8. The third kappa shape index (κ3) is 2.96. The molecule has 1 aromatic rings. The molecule has 19 heavy (non-hydrogen) atoms. The molecule has 1 aliphatic rings. The quantitative estimate of drug-likeness (QED) is 0.570. The first-order valence-electron chi connectivity index (χ1n) is 6.92. The second-order valence-corrected chi connectivity index (χ2v) is 5.13. The summed E-state index contributed by atoms with van der Waals surface area (Å²) in [5, 5.41) is 0. The van der Waals surface area contributed by atoms with Gasteiger partial charge < -0.3 is 0 Å². The topological polar surface area (TPSA) is 18.5 Å². The third-order valence-corrected chi connectivity index (χ3v) is 3.92. The molecule has 1 aliphatic heterocycles. The van der Waals surface area contributed by atoms with E-state index in [4.69, 9.17) is 9.78 Å². The minimum atomic E-state index is -0.350. The Hall–Kier alpha value is -1.38. The zero-order valence-electron chi connectivity index (χ0n) is 11.8. The van der Waals surface area contributed by atoms with Crippen molar-refractivity contribution in [1.29, 1.82) is 0 Å². The normalized spacial score (nSPS) is 30.8. The van der Waals surface area contributed by atoms with Crippen LogP contribution in [0.15, 0.2) is 49.1 Å². The van der Waals surface area contributed by atoms with Crippen molar-refractivity contribution in [3.8, 4) is 0 Å². The summed E-state index contributed by atoms with van der Waals surface area (Å²) in [6.07, 6.45) is 8.65. The lowest BCUT2D eigenvalue weighted by Crippen LogP contribution is -2.28. The second kappa shape index (κ2) is 5.72. The Balaban J connectivity index is 2.17. The highest BCUT2D eigenvalue weighted by molar-refractivity contribution is 5.50. The summed E-state index contributed by atoms with van der Waals surface area (Å²) < 4.78 is 0. The molecule has 1 heterocycles. The standard InChI is InChI=1S/C17H22O2/c1-4-16(5-2)14-17(6-3,19-18-16)13-12-15-10-8-7-9-11-15/h4,7-13H,1,5-6,14H2,2-3H3/b13-12+/t16-,17+/m1/s1. The van der Waals surface area contributed by atoms with E-state index in [0.29, 0.717) is 0 Å². The van der Waals surface area contributed by atoms with Gasteiger partial charge in [0.15, 0.2) is 0 Å². The maximum Gasteiger partial charge on any atom is 0.125 e. The fourth-order valence-electron chi connectivity index (χ4n) is 2.37. The maximum absolute atomic E-state index is 5.65. The van der Waals surface area contributed by atoms with Crippen LogP contribution in [0.5, 0.6) is 0 Å². The van der Waals surface area contributed by atoms with E-state index in [1.165, 1.54) is 5.56 Å². The van der Waals surface area contributed by atoms with Gasteiger partial charge in [-0.2, -0.15) is 0 Å². The molecule has 0 spiro atoms. The van der Waals surface area contributed by atoms with Crippen molar-refractivity contribution in [2.75, 3.05) is 0 Å². The summed E-state index contributed by atoms with van der Waals surface area (Å²) in [5.41, 5.74) is 0.475. The van der Waals surface area contributed by atoms with E-state index in [0.717, 1.165) is 19.3 Å². The van der Waals surface area contributed by atoms with Crippen LogP contribution >= 0.6 is 0 Å². The van der Waals surface area contributed by atoms with E-state index in [-0.39, 0.29) is 11.2 Å². The van der Waals surface area contributed by atoms with Crippen LogP contribution in [0.4, 0.5) is 0 Å². The smallest absolute Gasteiger partial charge is 0.125 e. The summed E-state index contributed by atoms with van der Waals surface area (Å²) in [4.78, 5) is 11.2. The molecule has 1 aromatic carbocycles. The van der Waals surface area contributed by atoms with Gasteiger partial charge in [0, 0.05) is 6.42 Å². The van der Waals surface area contributed by atoms with Gasteiger partial charge in [-0.05, 0) is 24.5 Å². The van der Waals surface area contributed by atoms with Crippen LogP contribution < -0.4 is 0 Å². The minimum Gasteiger partial charge on any atom is -0.225 e. The van der Waals surface area contributed by atoms with Gasteiger partial charge in [0.2, 0.25) is 0 Å². The molecule has 0 radical (unpaired) electrons. The fourth-order valence-corrected chi connectivity index (χ4v) is 2.37. The highest BCUT2D eigenvalue weighted by Gasteiger charge is 2.46. The molecule has 2 heteroatoms. The average Bonchev–Trinajstić information content (AvgIpc) is 2.87. The van der Waals surface area contributed by atoms with Crippen LogP contribution in [0.2, 0.25) is 0 Å². The van der Waals surface area contributed by atoms with E-state index < -0.39 is 0 Å². The highest BCUT2D eigenvalue weighted by atomic mass is 17.2. The van der Waals surface area contributed by atoms with Crippen molar-refractivity contribution < 1.29 is 9.78 Å². The van der Waals surface area contributed by atoms with Gasteiger partial charge in [-0.25, -0.2) is 9.78 Å². The molecule has 1 fully saturated rings. The average molecular weight is 258 g/mol. The first-order valence-corrected chi connectivity index (χ1v) is 6.92. The lowest BCUT2D eigenvalue weighted by Gasteiger charge is -2.22. The highest BCUT2D eigenvalue weighted by Crippen LogP contribution is 2.42. The summed E-state index contributed by atoms with van der Waals surface area (Å²) in [5.74, 6) is 0. The Kier molecular flexibility index (Phi) is 4.23. The lowest BCUT2D eigenvalue weighted by atomic mass is 9.84. The Labute approximate surface area is 115 Å². The van der Waals surface area contributed by atoms with Crippen LogP contribution in [0.3, 0.4) is 0 Å². The monoisotopic (exact) mass is 258 g/mol. The fraction of sp³-hybridized carbons (Fsp3) is 0.412. The Morgan fingerprint density at radius 3 is 2.26 bits per heavy atom. The predicted octanol–water partition coefficient (Wildman–Crippen LogP) is 4.54. The molecule has 2 rings (SSSR count). The largest absolute Gasteiger partial charge is 0.225 e. The van der Waals surface area contributed by atoms with E-state index in [1.807, 2.05) is 24.3 Å². The van der Waals surface area contributed by atoms with Crippen LogP contribution in [-0.4, -0.2) is 11.2 Å². The third-order valence-electron chi connectivity index (χ3n) is 3.92. The van der Waals surface area contributed by atoms with Gasteiger partial charge in [0.05, 0.1) is 0 Å². The summed E-state index contributed by atoms with van der Waals surface area (Å²) in [7, 11) is 0. The van der Waals surface area contributed by atoms with Gasteiger partial charge in [0.25, 0.3) is 0 Å². The van der Waals surface area contributed by atoms with Crippen LogP contribution in [0.25, 0.3) is 6.08 Å². The first kappa shape index (κ1) is 14.0. The van der Waals surface area contributed by atoms with Crippen molar-refractivity contribution >= 4 is 6.08 Å². The summed E-state index contributed by atoms with van der Waals surface area (Å²) in [6, 6.07) is 10.2. The van der Waals surface area contributed by atoms with Gasteiger partial charge in [-0.15, -0.1) is 6.58 Å². The first-order chi connectivity index (χ1) is 9.17. The molecular weight excluding hydrogens is 236 g/mol. The van der Waals surface area contributed by atoms with Gasteiger partial charge in [-0.3, -0.25) is 0 Å². The molecular formula is C17H22O2. The summed E-state index contributed by atoms with van der Waals surface area (Å²) >= 11 is 0. The van der Waals surface area contributed by atoms with Crippen LogP contribution in [-0.2, 0) is 9.78 Å². The van der Waals surface area contributed by atoms with Gasteiger partial charge in [0.1, 0.15) is 11.2 Å². The Morgan fingerprint density at radius 1 is 1.11 bits per heavy atom. The molecule has 0 amide bonds. The maximum atomic E-state index is 5.65. The van der Waals surface area contributed by atoms with Crippen molar-refractivity contribution in [2.24, 2.45) is 0 Å². The second-order valence-electron chi connectivity index (χ2n) is 5.13. The molecule has 0 saturated carbocycles. The van der Waals surface area contributed by atoms with Crippen molar-refractivity contribution in [3.05, 3.63) is 54.6 Å². The molecule has 2 nitrogen and oxygen atoms in total. The number of hydrogen-bond donors (Lipinski definition) is 0. The predicted molar refractivity (Wildman–Crippen MR) is 78.5 cm³/mol. The zero-order chi connectivity index (χ0) is 13.8. The number of rotatable bonds is 5.